The van der Waals surface area contributed by atoms with Crippen LogP contribution in [0.3, 0.4) is 0 Å². The van der Waals surface area contributed by atoms with E-state index in [1.54, 1.807) is 42.5 Å². The minimum absolute atomic E-state index is 0.270. The van der Waals surface area contributed by atoms with Crippen LogP contribution in [0, 0.1) is 5.41 Å². The molecule has 4 nitrogen and oxygen atoms in total. The Kier molecular flexibility index (Phi) is 8.93. The van der Waals surface area contributed by atoms with Crippen LogP contribution in [0.4, 0.5) is 0 Å². The Balaban J connectivity index is 4.37. The maximum absolute atomic E-state index is 11.9. The molecule has 0 aliphatic carbocycles. The summed E-state index contributed by atoms with van der Waals surface area (Å²) in [5.74, 6) is -0.270. The van der Waals surface area contributed by atoms with E-state index in [1.165, 1.54) is 6.21 Å². The second kappa shape index (κ2) is 10.2. The van der Waals surface area contributed by atoms with Crippen molar-refractivity contribution in [3.8, 4) is 0 Å². The molecule has 0 aliphatic heterocycles. The van der Waals surface area contributed by atoms with Gasteiger partial charge < -0.3 is 15.6 Å². The first kappa shape index (κ1) is 18.4. The summed E-state index contributed by atoms with van der Waals surface area (Å²) >= 11 is 0. The molecule has 112 valence electrons. The van der Waals surface area contributed by atoms with E-state index in [1.807, 2.05) is 0 Å². The molecule has 0 aliphatic rings. The summed E-state index contributed by atoms with van der Waals surface area (Å²) in [6, 6.07) is 0. The first-order valence-electron chi connectivity index (χ1n) is 6.44. The SMILES string of the molecule is C=C/C=C\C(=C)CNC(=O)C(=C)N(C)/C=C\C(=C)CC=N. The Labute approximate surface area is 127 Å². The molecule has 0 saturated carbocycles. The third-order valence-electron chi connectivity index (χ3n) is 2.53. The molecule has 0 aromatic carbocycles. The maximum Gasteiger partial charge on any atom is 0.267 e. The molecular weight excluding hydrogens is 262 g/mol. The van der Waals surface area contributed by atoms with Crippen LogP contribution in [0.15, 0.2) is 73.7 Å². The standard InChI is InChI=1S/C17H23N3O/c1-6-7-8-15(3)13-19-17(21)16(4)20(5)12-10-14(2)9-11-18/h6-8,10-12,18H,1-4,9,13H2,5H3,(H,19,21)/b8-7-,12-10-,18-11?. The highest BCUT2D eigenvalue weighted by Gasteiger charge is 2.09. The number of likely N-dealkylation sites (N-methyl/N-ethyl adjacent to an activating group) is 1. The van der Waals surface area contributed by atoms with Gasteiger partial charge in [-0.15, -0.1) is 0 Å². The van der Waals surface area contributed by atoms with Gasteiger partial charge in [-0.25, -0.2) is 0 Å². The van der Waals surface area contributed by atoms with E-state index in [9.17, 15) is 4.79 Å². The fourth-order valence-corrected chi connectivity index (χ4v) is 1.23. The first-order chi connectivity index (χ1) is 9.92. The van der Waals surface area contributed by atoms with Gasteiger partial charge in [0.15, 0.2) is 0 Å². The summed E-state index contributed by atoms with van der Waals surface area (Å²) in [5, 5.41) is 9.71. The van der Waals surface area contributed by atoms with Gasteiger partial charge in [-0.2, -0.15) is 0 Å². The number of hydrogen-bond acceptors (Lipinski definition) is 3. The van der Waals surface area contributed by atoms with Crippen LogP contribution in [-0.4, -0.2) is 30.6 Å². The van der Waals surface area contributed by atoms with Crippen molar-refractivity contribution in [3.63, 3.8) is 0 Å². The van der Waals surface area contributed by atoms with Crippen molar-refractivity contribution in [1.29, 1.82) is 5.41 Å². The number of hydrogen-bond donors (Lipinski definition) is 2. The number of nitrogens with zero attached hydrogens (tertiary/aromatic N) is 1. The Hall–Kier alpha value is -2.62. The van der Waals surface area contributed by atoms with Gasteiger partial charge >= 0.3 is 0 Å². The third-order valence-corrected chi connectivity index (χ3v) is 2.53. The first-order valence-corrected chi connectivity index (χ1v) is 6.44. The molecule has 2 N–H and O–H groups in total. The van der Waals surface area contributed by atoms with Crippen molar-refractivity contribution in [2.75, 3.05) is 13.6 Å². The number of amides is 1. The van der Waals surface area contributed by atoms with Gasteiger partial charge in [-0.05, 0) is 23.4 Å². The van der Waals surface area contributed by atoms with Crippen LogP contribution in [0.5, 0.6) is 0 Å². The van der Waals surface area contributed by atoms with Gasteiger partial charge in [-0.1, -0.05) is 44.5 Å². The monoisotopic (exact) mass is 285 g/mol. The van der Waals surface area contributed by atoms with Gasteiger partial charge in [0, 0.05) is 26.2 Å². The fourth-order valence-electron chi connectivity index (χ4n) is 1.23. The molecule has 0 heterocycles. The normalized spacial score (nSPS) is 10.3. The number of nitrogens with one attached hydrogen (secondary N) is 2. The smallest absolute Gasteiger partial charge is 0.267 e. The van der Waals surface area contributed by atoms with E-state index in [0.29, 0.717) is 18.7 Å². The Morgan fingerprint density at radius 2 is 1.90 bits per heavy atom. The molecule has 0 fully saturated rings. The summed E-state index contributed by atoms with van der Waals surface area (Å²) in [5.41, 5.74) is 1.87. The zero-order valence-electron chi connectivity index (χ0n) is 12.6. The predicted octanol–water partition coefficient (Wildman–Crippen LogP) is 2.96. The molecular formula is C17H23N3O. The molecule has 0 spiro atoms. The second-order valence-electron chi connectivity index (χ2n) is 4.38. The molecule has 0 radical (unpaired) electrons. The van der Waals surface area contributed by atoms with Crippen molar-refractivity contribution in [2.24, 2.45) is 0 Å². The van der Waals surface area contributed by atoms with E-state index in [2.05, 4.69) is 31.6 Å². The summed E-state index contributed by atoms with van der Waals surface area (Å²) in [6.07, 6.45) is 10.4. The zero-order chi connectivity index (χ0) is 16.3. The lowest BCUT2D eigenvalue weighted by Crippen LogP contribution is -2.31. The number of allylic oxidation sites excluding steroid dienone is 4. The lowest BCUT2D eigenvalue weighted by Gasteiger charge is -2.16. The minimum atomic E-state index is -0.270. The number of carbonyl (C=O) groups excluding carboxylic acids is 1. The van der Waals surface area contributed by atoms with Gasteiger partial charge in [0.1, 0.15) is 0 Å². The van der Waals surface area contributed by atoms with Crippen molar-refractivity contribution in [3.05, 3.63) is 73.7 Å². The van der Waals surface area contributed by atoms with E-state index in [-0.39, 0.29) is 5.91 Å². The molecule has 0 bridgehead atoms. The lowest BCUT2D eigenvalue weighted by molar-refractivity contribution is -0.118. The van der Waals surface area contributed by atoms with Crippen molar-refractivity contribution >= 4 is 12.1 Å². The van der Waals surface area contributed by atoms with E-state index in [0.717, 1.165) is 11.1 Å². The summed E-state index contributed by atoms with van der Waals surface area (Å²) in [4.78, 5) is 13.5. The molecule has 1 amide bonds. The molecule has 4 heteroatoms. The van der Waals surface area contributed by atoms with Crippen molar-refractivity contribution in [1.82, 2.24) is 10.2 Å². The topological polar surface area (TPSA) is 56.2 Å². The Morgan fingerprint density at radius 1 is 1.24 bits per heavy atom. The van der Waals surface area contributed by atoms with Crippen LogP contribution in [0.2, 0.25) is 0 Å². The molecule has 0 aromatic rings. The summed E-state index contributed by atoms with van der Waals surface area (Å²) in [6.45, 7) is 15.2. The highest BCUT2D eigenvalue weighted by molar-refractivity contribution is 5.92. The van der Waals surface area contributed by atoms with Crippen LogP contribution in [-0.2, 0) is 4.79 Å². The Bertz CT molecular complexity index is 498. The third kappa shape index (κ3) is 8.21. The molecule has 0 unspecified atom stereocenters. The van der Waals surface area contributed by atoms with Gasteiger partial charge in [0.25, 0.3) is 5.91 Å². The average Bonchev–Trinajstić information content (AvgIpc) is 2.47. The van der Waals surface area contributed by atoms with Gasteiger partial charge in [0.05, 0.1) is 5.70 Å². The maximum atomic E-state index is 11.9. The number of rotatable bonds is 10. The molecule has 0 saturated heterocycles. The highest BCUT2D eigenvalue weighted by Crippen LogP contribution is 2.04. The minimum Gasteiger partial charge on any atom is -0.347 e. The molecule has 0 aromatic heterocycles. The van der Waals surface area contributed by atoms with E-state index in [4.69, 9.17) is 5.41 Å². The molecule has 21 heavy (non-hydrogen) atoms. The number of carbonyl (C=O) groups is 1. The zero-order valence-corrected chi connectivity index (χ0v) is 12.6. The van der Waals surface area contributed by atoms with Crippen LogP contribution in [0.1, 0.15) is 6.42 Å². The second-order valence-corrected chi connectivity index (χ2v) is 4.38. The summed E-state index contributed by atoms with van der Waals surface area (Å²) in [7, 11) is 1.72. The highest BCUT2D eigenvalue weighted by atomic mass is 16.2. The van der Waals surface area contributed by atoms with Crippen LogP contribution in [0.25, 0.3) is 0 Å². The predicted molar refractivity (Wildman–Crippen MR) is 90.1 cm³/mol. The average molecular weight is 285 g/mol. The van der Waals surface area contributed by atoms with Crippen molar-refractivity contribution < 1.29 is 4.79 Å². The summed E-state index contributed by atoms with van der Waals surface area (Å²) < 4.78 is 0. The van der Waals surface area contributed by atoms with Crippen LogP contribution < -0.4 is 5.32 Å². The van der Waals surface area contributed by atoms with Crippen molar-refractivity contribution in [2.45, 2.75) is 6.42 Å². The van der Waals surface area contributed by atoms with Gasteiger partial charge in [-0.3, -0.25) is 4.79 Å². The largest absolute Gasteiger partial charge is 0.347 e. The lowest BCUT2D eigenvalue weighted by atomic mass is 10.2. The Morgan fingerprint density at radius 3 is 2.48 bits per heavy atom. The van der Waals surface area contributed by atoms with Gasteiger partial charge in [0.2, 0.25) is 0 Å². The fraction of sp³-hybridized carbons (Fsp3) is 0.176. The van der Waals surface area contributed by atoms with Crippen LogP contribution >= 0.6 is 0 Å². The van der Waals surface area contributed by atoms with E-state index >= 15 is 0 Å². The molecule has 0 rings (SSSR count). The molecule has 0 atom stereocenters. The quantitative estimate of drug-likeness (QED) is 0.368. The van der Waals surface area contributed by atoms with E-state index < -0.39 is 0 Å².